The second-order valence-corrected chi connectivity index (χ2v) is 3.59. The zero-order valence-electron chi connectivity index (χ0n) is 8.27. The Hall–Kier alpha value is -1.46. The second kappa shape index (κ2) is 3.96. The summed E-state index contributed by atoms with van der Waals surface area (Å²) in [6.07, 6.45) is 1.70. The summed E-state index contributed by atoms with van der Waals surface area (Å²) >= 11 is 5.24. The summed E-state index contributed by atoms with van der Waals surface area (Å²) in [5.74, 6) is 0. The summed E-state index contributed by atoms with van der Waals surface area (Å²) in [5, 5.41) is 9.88. The van der Waals surface area contributed by atoms with Crippen molar-refractivity contribution in [1.29, 1.82) is 0 Å². The zero-order chi connectivity index (χ0) is 10.8. The Morgan fingerprint density at radius 3 is 3.13 bits per heavy atom. The molecular formula is C10H11N3OS. The Bertz CT molecular complexity index is 550. The third-order valence-corrected chi connectivity index (χ3v) is 2.67. The normalized spacial score (nSPS) is 10.5. The molecule has 0 aliphatic carbocycles. The lowest BCUT2D eigenvalue weighted by Gasteiger charge is -2.12. The van der Waals surface area contributed by atoms with Gasteiger partial charge in [0.15, 0.2) is 5.65 Å². The molecule has 4 nitrogen and oxygen atoms in total. The van der Waals surface area contributed by atoms with Gasteiger partial charge in [-0.1, -0.05) is 12.2 Å². The fourth-order valence-electron chi connectivity index (χ4n) is 1.49. The number of aliphatic hydroxyl groups is 1. The molecule has 0 aliphatic rings. The van der Waals surface area contributed by atoms with Crippen molar-refractivity contribution < 1.29 is 5.11 Å². The molecule has 2 aromatic rings. The van der Waals surface area contributed by atoms with Gasteiger partial charge < -0.3 is 5.11 Å². The van der Waals surface area contributed by atoms with Crippen molar-refractivity contribution >= 4 is 23.3 Å². The van der Waals surface area contributed by atoms with Crippen LogP contribution in [0.4, 0.5) is 0 Å². The van der Waals surface area contributed by atoms with Crippen molar-refractivity contribution in [2.45, 2.75) is 6.92 Å². The van der Waals surface area contributed by atoms with E-state index in [0.717, 1.165) is 16.6 Å². The van der Waals surface area contributed by atoms with Crippen LogP contribution < -0.4 is 5.43 Å². The molecule has 0 radical (unpaired) electrons. The minimum absolute atomic E-state index is 0.177. The SMILES string of the molecule is Cc1cc2cccnc2n(NCO)c1=S. The van der Waals surface area contributed by atoms with Crippen LogP contribution in [0.3, 0.4) is 0 Å². The van der Waals surface area contributed by atoms with Crippen LogP contribution in [-0.2, 0) is 0 Å². The quantitative estimate of drug-likeness (QED) is 0.597. The van der Waals surface area contributed by atoms with Gasteiger partial charge in [0.25, 0.3) is 0 Å². The maximum absolute atomic E-state index is 8.89. The first-order chi connectivity index (χ1) is 7.24. The standard InChI is InChI=1S/C10H11N3OS/c1-7-5-8-3-2-4-11-9(8)13(10(7)15)12-6-14/h2-5,12,14H,6H2,1H3. The van der Waals surface area contributed by atoms with Crippen LogP contribution in [-0.4, -0.2) is 21.5 Å². The smallest absolute Gasteiger partial charge is 0.159 e. The molecule has 2 N–H and O–H groups in total. The van der Waals surface area contributed by atoms with E-state index in [4.69, 9.17) is 17.3 Å². The van der Waals surface area contributed by atoms with Gasteiger partial charge in [0, 0.05) is 11.6 Å². The van der Waals surface area contributed by atoms with Crippen molar-refractivity contribution in [3.05, 3.63) is 34.6 Å². The van der Waals surface area contributed by atoms with Gasteiger partial charge in [-0.15, -0.1) is 0 Å². The largest absolute Gasteiger partial charge is 0.375 e. The molecule has 0 aliphatic heterocycles. The summed E-state index contributed by atoms with van der Waals surface area (Å²) in [5.41, 5.74) is 4.47. The minimum atomic E-state index is -0.177. The van der Waals surface area contributed by atoms with Gasteiger partial charge in [0.05, 0.1) is 0 Å². The van der Waals surface area contributed by atoms with E-state index in [-0.39, 0.29) is 6.73 Å². The van der Waals surface area contributed by atoms with Gasteiger partial charge >= 0.3 is 0 Å². The fourth-order valence-corrected chi connectivity index (χ4v) is 1.70. The molecule has 78 valence electrons. The summed E-state index contributed by atoms with van der Waals surface area (Å²) < 4.78 is 2.26. The van der Waals surface area contributed by atoms with E-state index in [1.54, 1.807) is 10.9 Å². The Morgan fingerprint density at radius 2 is 2.40 bits per heavy atom. The number of aromatic nitrogens is 2. The van der Waals surface area contributed by atoms with E-state index in [2.05, 4.69) is 10.4 Å². The molecule has 0 spiro atoms. The minimum Gasteiger partial charge on any atom is -0.375 e. The monoisotopic (exact) mass is 221 g/mol. The molecule has 0 amide bonds. The average Bonchev–Trinajstić information content (AvgIpc) is 2.25. The highest BCUT2D eigenvalue weighted by atomic mass is 32.1. The van der Waals surface area contributed by atoms with Crippen LogP contribution in [0.25, 0.3) is 11.0 Å². The van der Waals surface area contributed by atoms with Crippen LogP contribution in [0.15, 0.2) is 24.4 Å². The first-order valence-corrected chi connectivity index (χ1v) is 4.97. The number of aliphatic hydroxyl groups excluding tert-OH is 1. The van der Waals surface area contributed by atoms with Crippen LogP contribution in [0.2, 0.25) is 0 Å². The predicted molar refractivity (Wildman–Crippen MR) is 61.8 cm³/mol. The zero-order valence-corrected chi connectivity index (χ0v) is 9.08. The van der Waals surface area contributed by atoms with E-state index >= 15 is 0 Å². The number of aryl methyl sites for hydroxylation is 1. The van der Waals surface area contributed by atoms with Gasteiger partial charge in [0.1, 0.15) is 11.4 Å². The van der Waals surface area contributed by atoms with E-state index in [1.807, 2.05) is 25.1 Å². The van der Waals surface area contributed by atoms with Crippen molar-refractivity contribution in [2.75, 3.05) is 12.2 Å². The van der Waals surface area contributed by atoms with Crippen molar-refractivity contribution in [3.63, 3.8) is 0 Å². The van der Waals surface area contributed by atoms with Crippen LogP contribution in [0.5, 0.6) is 0 Å². The number of fused-ring (bicyclic) bond motifs is 1. The van der Waals surface area contributed by atoms with Crippen LogP contribution in [0.1, 0.15) is 5.56 Å². The average molecular weight is 221 g/mol. The molecule has 0 saturated heterocycles. The first kappa shape index (κ1) is 10.1. The molecule has 0 saturated carbocycles. The van der Waals surface area contributed by atoms with Gasteiger partial charge in [-0.2, -0.15) is 0 Å². The summed E-state index contributed by atoms with van der Waals surface area (Å²) in [7, 11) is 0. The maximum Gasteiger partial charge on any atom is 0.159 e. The van der Waals surface area contributed by atoms with E-state index in [0.29, 0.717) is 4.64 Å². The predicted octanol–water partition coefficient (Wildman–Crippen LogP) is 1.57. The molecule has 0 unspecified atom stereocenters. The fraction of sp³-hybridized carbons (Fsp3) is 0.200. The molecule has 0 fully saturated rings. The Balaban J connectivity index is 2.83. The Morgan fingerprint density at radius 1 is 1.60 bits per heavy atom. The number of nitrogens with zero attached hydrogens (tertiary/aromatic N) is 2. The first-order valence-electron chi connectivity index (χ1n) is 4.56. The van der Waals surface area contributed by atoms with Gasteiger partial charge in [-0.3, -0.25) is 5.43 Å². The molecule has 2 aromatic heterocycles. The molecule has 0 aromatic carbocycles. The Labute approximate surface area is 92.2 Å². The van der Waals surface area contributed by atoms with Gasteiger partial charge in [0.2, 0.25) is 0 Å². The lowest BCUT2D eigenvalue weighted by molar-refractivity contribution is 0.309. The number of rotatable bonds is 2. The van der Waals surface area contributed by atoms with Crippen LogP contribution >= 0.6 is 12.2 Å². The molecular weight excluding hydrogens is 210 g/mol. The number of nitrogens with one attached hydrogen (secondary N) is 1. The summed E-state index contributed by atoms with van der Waals surface area (Å²) in [6.45, 7) is 1.76. The lowest BCUT2D eigenvalue weighted by atomic mass is 10.2. The highest BCUT2D eigenvalue weighted by Crippen LogP contribution is 2.13. The van der Waals surface area contributed by atoms with Crippen molar-refractivity contribution in [3.8, 4) is 0 Å². The highest BCUT2D eigenvalue weighted by Gasteiger charge is 2.03. The Kier molecular flexibility index (Phi) is 2.66. The van der Waals surface area contributed by atoms with E-state index in [9.17, 15) is 0 Å². The summed E-state index contributed by atoms with van der Waals surface area (Å²) in [4.78, 5) is 4.22. The number of pyridine rings is 2. The molecule has 0 atom stereocenters. The van der Waals surface area contributed by atoms with Crippen molar-refractivity contribution in [1.82, 2.24) is 9.66 Å². The lowest BCUT2D eigenvalue weighted by Crippen LogP contribution is -2.18. The van der Waals surface area contributed by atoms with Gasteiger partial charge in [-0.05, 0) is 30.7 Å². The van der Waals surface area contributed by atoms with E-state index < -0.39 is 0 Å². The van der Waals surface area contributed by atoms with Crippen molar-refractivity contribution in [2.24, 2.45) is 0 Å². The number of hydrogen-bond donors (Lipinski definition) is 2. The molecule has 15 heavy (non-hydrogen) atoms. The topological polar surface area (TPSA) is 50.1 Å². The van der Waals surface area contributed by atoms with Crippen LogP contribution in [0, 0.1) is 11.6 Å². The highest BCUT2D eigenvalue weighted by molar-refractivity contribution is 7.71. The molecule has 0 bridgehead atoms. The molecule has 2 heterocycles. The third-order valence-electron chi connectivity index (χ3n) is 2.17. The second-order valence-electron chi connectivity index (χ2n) is 3.20. The summed E-state index contributed by atoms with van der Waals surface area (Å²) in [6, 6.07) is 5.81. The maximum atomic E-state index is 8.89. The van der Waals surface area contributed by atoms with E-state index in [1.165, 1.54) is 0 Å². The third kappa shape index (κ3) is 1.71. The number of hydrogen-bond acceptors (Lipinski definition) is 4. The molecule has 5 heteroatoms. The molecule has 2 rings (SSSR count). The van der Waals surface area contributed by atoms with Gasteiger partial charge in [-0.25, -0.2) is 9.66 Å².